The number of nitrogens with one attached hydrogen (secondary N) is 1. The molecule has 0 saturated carbocycles. The molecule has 0 spiro atoms. The number of hydrogen-bond donors (Lipinski definition) is 1. The molecule has 1 atom stereocenters. The SMILES string of the molecule is Cc1cc(CS(=O)CC(=O)Nc2cccc(F)c2)on1. The van der Waals surface area contributed by atoms with E-state index in [-0.39, 0.29) is 11.5 Å². The summed E-state index contributed by atoms with van der Waals surface area (Å²) < 4.78 is 29.6. The van der Waals surface area contributed by atoms with Crippen LogP contribution in [0.4, 0.5) is 10.1 Å². The highest BCUT2D eigenvalue weighted by Gasteiger charge is 2.12. The van der Waals surface area contributed by atoms with Crippen LogP contribution in [-0.2, 0) is 21.3 Å². The minimum Gasteiger partial charge on any atom is -0.360 e. The number of benzene rings is 1. The smallest absolute Gasteiger partial charge is 0.237 e. The lowest BCUT2D eigenvalue weighted by atomic mass is 10.3. The minimum atomic E-state index is -1.41. The van der Waals surface area contributed by atoms with Gasteiger partial charge in [-0.2, -0.15) is 0 Å². The number of halogens is 1. The summed E-state index contributed by atoms with van der Waals surface area (Å²) in [5.74, 6) is -0.473. The molecule has 1 aromatic heterocycles. The van der Waals surface area contributed by atoms with Crippen molar-refractivity contribution in [3.63, 3.8) is 0 Å². The summed E-state index contributed by atoms with van der Waals surface area (Å²) in [6.45, 7) is 1.76. The Morgan fingerprint density at radius 2 is 2.25 bits per heavy atom. The van der Waals surface area contributed by atoms with Gasteiger partial charge in [0.1, 0.15) is 17.3 Å². The quantitative estimate of drug-likeness (QED) is 0.916. The van der Waals surface area contributed by atoms with E-state index in [1.54, 1.807) is 19.1 Å². The Kier molecular flexibility index (Phi) is 4.62. The second-order valence-corrected chi connectivity index (χ2v) is 5.68. The van der Waals surface area contributed by atoms with E-state index in [0.29, 0.717) is 17.1 Å². The summed E-state index contributed by atoms with van der Waals surface area (Å²) in [6.07, 6.45) is 0. The summed E-state index contributed by atoms with van der Waals surface area (Å²) in [6, 6.07) is 7.19. The van der Waals surface area contributed by atoms with Gasteiger partial charge in [0.15, 0.2) is 0 Å². The van der Waals surface area contributed by atoms with Crippen molar-refractivity contribution in [3.8, 4) is 0 Å². The molecule has 1 aromatic carbocycles. The van der Waals surface area contributed by atoms with E-state index in [4.69, 9.17) is 4.52 Å². The Morgan fingerprint density at radius 1 is 1.45 bits per heavy atom. The second kappa shape index (κ2) is 6.42. The number of anilines is 1. The van der Waals surface area contributed by atoms with Gasteiger partial charge >= 0.3 is 0 Å². The molecular weight excluding hydrogens is 283 g/mol. The monoisotopic (exact) mass is 296 g/mol. The number of aryl methyl sites for hydroxylation is 1. The summed E-state index contributed by atoms with van der Waals surface area (Å²) >= 11 is 0. The molecule has 2 aromatic rings. The van der Waals surface area contributed by atoms with E-state index in [9.17, 15) is 13.4 Å². The number of carbonyl (C=O) groups is 1. The van der Waals surface area contributed by atoms with E-state index in [2.05, 4.69) is 10.5 Å². The molecule has 2 rings (SSSR count). The predicted molar refractivity (Wildman–Crippen MR) is 73.0 cm³/mol. The molecular formula is C13H13FN2O3S. The Morgan fingerprint density at radius 3 is 2.90 bits per heavy atom. The van der Waals surface area contributed by atoms with Crippen molar-refractivity contribution in [3.05, 3.63) is 47.6 Å². The molecule has 1 amide bonds. The standard InChI is InChI=1S/C13H13FN2O3S/c1-9-5-12(19-16-9)7-20(18)8-13(17)15-11-4-2-3-10(14)6-11/h2-6H,7-8H2,1H3,(H,15,17). The van der Waals surface area contributed by atoms with Gasteiger partial charge in [-0.25, -0.2) is 4.39 Å². The first-order valence-electron chi connectivity index (χ1n) is 5.85. The van der Waals surface area contributed by atoms with Crippen LogP contribution in [0.1, 0.15) is 11.5 Å². The number of rotatable bonds is 5. The van der Waals surface area contributed by atoms with Crippen LogP contribution in [0.25, 0.3) is 0 Å². The lowest BCUT2D eigenvalue weighted by Crippen LogP contribution is -2.20. The first-order chi connectivity index (χ1) is 9.52. The number of amides is 1. The van der Waals surface area contributed by atoms with Crippen LogP contribution in [0.5, 0.6) is 0 Å². The molecule has 7 heteroatoms. The fraction of sp³-hybridized carbons (Fsp3) is 0.231. The average molecular weight is 296 g/mol. The van der Waals surface area contributed by atoms with Crippen LogP contribution in [0.2, 0.25) is 0 Å². The predicted octanol–water partition coefficient (Wildman–Crippen LogP) is 2.01. The molecule has 5 nitrogen and oxygen atoms in total. The molecule has 0 radical (unpaired) electrons. The summed E-state index contributed by atoms with van der Waals surface area (Å²) in [7, 11) is -1.41. The van der Waals surface area contributed by atoms with Crippen molar-refractivity contribution in [2.75, 3.05) is 11.1 Å². The molecule has 0 fully saturated rings. The average Bonchev–Trinajstić information content (AvgIpc) is 2.74. The van der Waals surface area contributed by atoms with Gasteiger partial charge in [-0.1, -0.05) is 11.2 Å². The maximum atomic E-state index is 12.9. The number of carbonyl (C=O) groups excluding carboxylic acids is 1. The van der Waals surface area contributed by atoms with E-state index in [1.807, 2.05) is 0 Å². The molecule has 0 aliphatic heterocycles. The van der Waals surface area contributed by atoms with Gasteiger partial charge in [-0.3, -0.25) is 9.00 Å². The maximum Gasteiger partial charge on any atom is 0.237 e. The Hall–Kier alpha value is -2.02. The van der Waals surface area contributed by atoms with Crippen LogP contribution < -0.4 is 5.32 Å². The molecule has 1 heterocycles. The minimum absolute atomic E-state index is 0.122. The normalized spacial score (nSPS) is 12.1. The topological polar surface area (TPSA) is 72.2 Å². The zero-order chi connectivity index (χ0) is 14.5. The number of hydrogen-bond acceptors (Lipinski definition) is 4. The van der Waals surface area contributed by atoms with Gasteiger partial charge in [0.2, 0.25) is 5.91 Å². The van der Waals surface area contributed by atoms with Gasteiger partial charge in [-0.05, 0) is 25.1 Å². The molecule has 0 aliphatic rings. The van der Waals surface area contributed by atoms with Crippen LogP contribution in [-0.4, -0.2) is 21.0 Å². The summed E-state index contributed by atoms with van der Waals surface area (Å²) in [5, 5.41) is 6.16. The highest BCUT2D eigenvalue weighted by Crippen LogP contribution is 2.10. The van der Waals surface area contributed by atoms with Crippen molar-refractivity contribution in [1.29, 1.82) is 0 Å². The second-order valence-electron chi connectivity index (χ2n) is 4.22. The zero-order valence-electron chi connectivity index (χ0n) is 10.8. The van der Waals surface area contributed by atoms with E-state index in [1.165, 1.54) is 18.2 Å². The summed E-state index contributed by atoms with van der Waals surface area (Å²) in [5.41, 5.74) is 1.03. The fourth-order valence-corrected chi connectivity index (χ4v) is 2.52. The van der Waals surface area contributed by atoms with E-state index < -0.39 is 22.5 Å². The zero-order valence-corrected chi connectivity index (χ0v) is 11.6. The van der Waals surface area contributed by atoms with Gasteiger partial charge in [0, 0.05) is 22.6 Å². The lowest BCUT2D eigenvalue weighted by molar-refractivity contribution is -0.113. The molecule has 20 heavy (non-hydrogen) atoms. The third kappa shape index (κ3) is 4.27. The summed E-state index contributed by atoms with van der Waals surface area (Å²) in [4.78, 5) is 11.7. The van der Waals surface area contributed by atoms with E-state index >= 15 is 0 Å². The molecule has 0 aliphatic carbocycles. The first kappa shape index (κ1) is 14.4. The van der Waals surface area contributed by atoms with Crippen molar-refractivity contribution in [2.24, 2.45) is 0 Å². The van der Waals surface area contributed by atoms with Gasteiger partial charge in [0.05, 0.1) is 11.4 Å². The van der Waals surface area contributed by atoms with Crippen molar-refractivity contribution in [2.45, 2.75) is 12.7 Å². The lowest BCUT2D eigenvalue weighted by Gasteiger charge is -2.04. The number of aromatic nitrogens is 1. The van der Waals surface area contributed by atoms with Crippen LogP contribution >= 0.6 is 0 Å². The van der Waals surface area contributed by atoms with Gasteiger partial charge in [-0.15, -0.1) is 0 Å². The largest absolute Gasteiger partial charge is 0.360 e. The molecule has 0 saturated heterocycles. The third-order valence-electron chi connectivity index (χ3n) is 2.38. The van der Waals surface area contributed by atoms with E-state index in [0.717, 1.165) is 0 Å². The van der Waals surface area contributed by atoms with Gasteiger partial charge < -0.3 is 9.84 Å². The van der Waals surface area contributed by atoms with Crippen molar-refractivity contribution >= 4 is 22.4 Å². The molecule has 1 unspecified atom stereocenters. The highest BCUT2D eigenvalue weighted by atomic mass is 32.2. The Bertz CT molecular complexity index is 642. The van der Waals surface area contributed by atoms with Crippen LogP contribution in [0, 0.1) is 12.7 Å². The molecule has 106 valence electrons. The Labute approximate surface area is 117 Å². The molecule has 1 N–H and O–H groups in total. The van der Waals surface area contributed by atoms with Crippen molar-refractivity contribution < 1.29 is 17.9 Å². The van der Waals surface area contributed by atoms with Crippen molar-refractivity contribution in [1.82, 2.24) is 5.16 Å². The number of nitrogens with zero attached hydrogens (tertiary/aromatic N) is 1. The fourth-order valence-electron chi connectivity index (χ4n) is 1.60. The van der Waals surface area contributed by atoms with Crippen LogP contribution in [0.15, 0.2) is 34.9 Å². The Balaban J connectivity index is 1.86. The highest BCUT2D eigenvalue weighted by molar-refractivity contribution is 7.84. The van der Waals surface area contributed by atoms with Gasteiger partial charge in [0.25, 0.3) is 0 Å². The maximum absolute atomic E-state index is 12.9. The molecule has 0 bridgehead atoms. The third-order valence-corrected chi connectivity index (χ3v) is 3.57. The first-order valence-corrected chi connectivity index (χ1v) is 7.34. The van der Waals surface area contributed by atoms with Crippen LogP contribution in [0.3, 0.4) is 0 Å².